The van der Waals surface area contributed by atoms with Crippen molar-refractivity contribution >= 4 is 21.7 Å². The van der Waals surface area contributed by atoms with E-state index in [0.29, 0.717) is 37.9 Å². The molecule has 1 aliphatic heterocycles. The molecule has 146 valence electrons. The molecule has 27 heavy (non-hydrogen) atoms. The first-order valence-electron chi connectivity index (χ1n) is 8.45. The van der Waals surface area contributed by atoms with Crippen LogP contribution in [0, 0.1) is 6.92 Å². The van der Waals surface area contributed by atoms with Crippen LogP contribution in [-0.4, -0.2) is 84.7 Å². The zero-order chi connectivity index (χ0) is 19.6. The third-order valence-electron chi connectivity index (χ3n) is 4.41. The number of likely N-dealkylation sites (N-methyl/N-ethyl adjacent to an activating group) is 1. The molecule has 1 amide bonds. The molecule has 0 atom stereocenters. The Hall–Kier alpha value is -2.53. The van der Waals surface area contributed by atoms with Crippen molar-refractivity contribution in [3.63, 3.8) is 0 Å². The maximum Gasteiger partial charge on any atom is 0.238 e. The number of carbonyl (C=O) groups is 1. The van der Waals surface area contributed by atoms with E-state index in [-0.39, 0.29) is 12.5 Å². The number of nitrogens with zero attached hydrogens (tertiary/aromatic N) is 6. The van der Waals surface area contributed by atoms with E-state index >= 15 is 0 Å². The fraction of sp³-hybridized carbons (Fsp3) is 0.500. The summed E-state index contributed by atoms with van der Waals surface area (Å²) in [6.45, 7) is 3.88. The van der Waals surface area contributed by atoms with Gasteiger partial charge >= 0.3 is 0 Å². The lowest BCUT2D eigenvalue weighted by Gasteiger charge is -2.36. The molecule has 0 spiro atoms. The van der Waals surface area contributed by atoms with Crippen LogP contribution in [0.5, 0.6) is 0 Å². The topological polar surface area (TPSA) is 113 Å². The number of rotatable bonds is 5. The number of anilines is 1. The van der Waals surface area contributed by atoms with Crippen LogP contribution in [0.3, 0.4) is 0 Å². The highest BCUT2D eigenvalue weighted by atomic mass is 32.2. The third-order valence-corrected chi connectivity index (χ3v) is 5.68. The van der Waals surface area contributed by atoms with Gasteiger partial charge in [0.05, 0.1) is 12.8 Å². The van der Waals surface area contributed by atoms with Gasteiger partial charge in [-0.05, 0) is 12.1 Å². The quantitative estimate of drug-likeness (QED) is 0.695. The normalized spacial score (nSPS) is 15.4. The predicted octanol–water partition coefficient (Wildman–Crippen LogP) is -0.0200. The molecule has 11 heteroatoms. The second kappa shape index (κ2) is 7.61. The maximum absolute atomic E-state index is 12.3. The standard InChI is InChI=1S/C16H22N6O4S/c1-12-18-16(19-26-12)13-4-5-14(17-10-13)21-6-8-22(9-7-21)15(23)11-20(2)27(3,24)25/h4-5,10H,6-9,11H2,1-3H3. The summed E-state index contributed by atoms with van der Waals surface area (Å²) >= 11 is 0. The van der Waals surface area contributed by atoms with E-state index in [0.717, 1.165) is 21.9 Å². The molecule has 10 nitrogen and oxygen atoms in total. The van der Waals surface area contributed by atoms with Crippen molar-refractivity contribution in [3.8, 4) is 11.4 Å². The highest BCUT2D eigenvalue weighted by Crippen LogP contribution is 2.19. The first-order valence-corrected chi connectivity index (χ1v) is 10.3. The number of sulfonamides is 1. The minimum absolute atomic E-state index is 0.143. The van der Waals surface area contributed by atoms with Crippen LogP contribution >= 0.6 is 0 Å². The summed E-state index contributed by atoms with van der Waals surface area (Å²) in [6, 6.07) is 3.77. The van der Waals surface area contributed by atoms with Crippen molar-refractivity contribution in [2.45, 2.75) is 6.92 Å². The lowest BCUT2D eigenvalue weighted by molar-refractivity contribution is -0.131. The van der Waals surface area contributed by atoms with Gasteiger partial charge in [0.25, 0.3) is 0 Å². The maximum atomic E-state index is 12.3. The fourth-order valence-electron chi connectivity index (χ4n) is 2.71. The van der Waals surface area contributed by atoms with E-state index in [9.17, 15) is 13.2 Å². The van der Waals surface area contributed by atoms with Crippen LogP contribution in [-0.2, 0) is 14.8 Å². The minimum Gasteiger partial charge on any atom is -0.353 e. The SMILES string of the molecule is Cc1nc(-c2ccc(N3CCN(C(=O)CN(C)S(C)(=O)=O)CC3)nc2)no1. The van der Waals surface area contributed by atoms with E-state index in [1.807, 2.05) is 12.1 Å². The van der Waals surface area contributed by atoms with Gasteiger partial charge in [0.15, 0.2) is 0 Å². The van der Waals surface area contributed by atoms with Crippen molar-refractivity contribution in [1.29, 1.82) is 0 Å². The van der Waals surface area contributed by atoms with Crippen LogP contribution in [0.4, 0.5) is 5.82 Å². The molecule has 0 bridgehead atoms. The van der Waals surface area contributed by atoms with Crippen molar-refractivity contribution < 1.29 is 17.7 Å². The van der Waals surface area contributed by atoms with Crippen LogP contribution in [0.25, 0.3) is 11.4 Å². The monoisotopic (exact) mass is 394 g/mol. The predicted molar refractivity (Wildman–Crippen MR) is 98.5 cm³/mol. The van der Waals surface area contributed by atoms with Crippen molar-refractivity contribution in [3.05, 3.63) is 24.2 Å². The highest BCUT2D eigenvalue weighted by Gasteiger charge is 2.24. The fourth-order valence-corrected chi connectivity index (χ4v) is 3.06. The van der Waals surface area contributed by atoms with E-state index in [1.54, 1.807) is 18.0 Å². The average molecular weight is 394 g/mol. The Morgan fingerprint density at radius 2 is 1.96 bits per heavy atom. The Bertz CT molecular complexity index is 903. The van der Waals surface area contributed by atoms with Crippen molar-refractivity contribution in [2.24, 2.45) is 0 Å². The van der Waals surface area contributed by atoms with E-state index in [1.165, 1.54) is 7.05 Å². The molecule has 0 aromatic carbocycles. The highest BCUT2D eigenvalue weighted by molar-refractivity contribution is 7.88. The molecule has 1 saturated heterocycles. The minimum atomic E-state index is -3.37. The molecule has 0 N–H and O–H groups in total. The van der Waals surface area contributed by atoms with Gasteiger partial charge in [-0.25, -0.2) is 13.4 Å². The molecule has 3 heterocycles. The number of amides is 1. The van der Waals surface area contributed by atoms with Crippen LogP contribution in [0.1, 0.15) is 5.89 Å². The zero-order valence-corrected chi connectivity index (χ0v) is 16.3. The van der Waals surface area contributed by atoms with Crippen molar-refractivity contribution in [2.75, 3.05) is 50.9 Å². The van der Waals surface area contributed by atoms with Gasteiger partial charge in [-0.15, -0.1) is 0 Å². The number of hydrogen-bond donors (Lipinski definition) is 0. The van der Waals surface area contributed by atoms with Crippen LogP contribution in [0.2, 0.25) is 0 Å². The molecule has 2 aromatic heterocycles. The van der Waals surface area contributed by atoms with E-state index in [2.05, 4.69) is 20.0 Å². The van der Waals surface area contributed by atoms with Gasteiger partial charge in [-0.2, -0.15) is 9.29 Å². The smallest absolute Gasteiger partial charge is 0.238 e. The molecule has 1 fully saturated rings. The van der Waals surface area contributed by atoms with Crippen LogP contribution in [0.15, 0.2) is 22.9 Å². The summed E-state index contributed by atoms with van der Waals surface area (Å²) in [5.41, 5.74) is 0.772. The molecule has 2 aromatic rings. The Morgan fingerprint density at radius 1 is 1.26 bits per heavy atom. The third kappa shape index (κ3) is 4.61. The van der Waals surface area contributed by atoms with Crippen molar-refractivity contribution in [1.82, 2.24) is 24.3 Å². The molecule has 1 aliphatic rings. The number of aromatic nitrogens is 3. The van der Waals surface area contributed by atoms with E-state index in [4.69, 9.17) is 4.52 Å². The summed E-state index contributed by atoms with van der Waals surface area (Å²) in [5.74, 6) is 1.60. The van der Waals surface area contributed by atoms with Gasteiger partial charge in [0, 0.05) is 51.9 Å². The first-order chi connectivity index (χ1) is 12.7. The largest absolute Gasteiger partial charge is 0.353 e. The summed E-state index contributed by atoms with van der Waals surface area (Å²) in [6.07, 6.45) is 2.78. The summed E-state index contributed by atoms with van der Waals surface area (Å²) < 4.78 is 28.9. The number of hydrogen-bond acceptors (Lipinski definition) is 8. The molecule has 0 aliphatic carbocycles. The summed E-state index contributed by atoms with van der Waals surface area (Å²) in [7, 11) is -1.96. The lowest BCUT2D eigenvalue weighted by atomic mass is 10.2. The van der Waals surface area contributed by atoms with Gasteiger partial charge in [0.1, 0.15) is 5.82 Å². The Labute approximate surface area is 157 Å². The molecular weight excluding hydrogens is 372 g/mol. The second-order valence-corrected chi connectivity index (χ2v) is 8.52. The zero-order valence-electron chi connectivity index (χ0n) is 15.5. The summed E-state index contributed by atoms with van der Waals surface area (Å²) in [5, 5.41) is 3.87. The molecule has 0 radical (unpaired) electrons. The number of carbonyl (C=O) groups excluding carboxylic acids is 1. The molecule has 0 saturated carbocycles. The Morgan fingerprint density at radius 3 is 2.48 bits per heavy atom. The van der Waals surface area contributed by atoms with Gasteiger partial charge in [0.2, 0.25) is 27.6 Å². The number of aryl methyl sites for hydroxylation is 1. The second-order valence-electron chi connectivity index (χ2n) is 6.43. The Balaban J connectivity index is 1.57. The average Bonchev–Trinajstić information content (AvgIpc) is 3.07. The number of piperazine rings is 1. The lowest BCUT2D eigenvalue weighted by Crippen LogP contribution is -2.51. The van der Waals surface area contributed by atoms with E-state index < -0.39 is 10.0 Å². The number of pyridine rings is 1. The van der Waals surface area contributed by atoms with Gasteiger partial charge < -0.3 is 14.3 Å². The van der Waals surface area contributed by atoms with Gasteiger partial charge in [-0.3, -0.25) is 4.79 Å². The molecule has 0 unspecified atom stereocenters. The molecular formula is C16H22N6O4S. The summed E-state index contributed by atoms with van der Waals surface area (Å²) in [4.78, 5) is 24.6. The Kier molecular flexibility index (Phi) is 5.42. The molecule has 3 rings (SSSR count). The van der Waals surface area contributed by atoms with Gasteiger partial charge in [-0.1, -0.05) is 5.16 Å². The first kappa shape index (κ1) is 19.2. The van der Waals surface area contributed by atoms with Crippen LogP contribution < -0.4 is 4.90 Å².